The minimum Gasteiger partial charge on any atom is -0.376 e. The van der Waals surface area contributed by atoms with Crippen LogP contribution in [0.3, 0.4) is 0 Å². The SMILES string of the molecule is Cn1nc(CN(C(=O)c2ccccc2F)c2ccccc2)c2c1CCN(C(=O)NCC1CCCO1)C2. The minimum atomic E-state index is -0.569. The number of halogens is 1. The van der Waals surface area contributed by atoms with E-state index in [-0.39, 0.29) is 24.2 Å². The normalized spacial score (nSPS) is 17.1. The molecule has 9 heteroatoms. The number of urea groups is 1. The van der Waals surface area contributed by atoms with Crippen molar-refractivity contribution in [1.82, 2.24) is 20.0 Å². The van der Waals surface area contributed by atoms with Crippen LogP contribution in [-0.4, -0.2) is 52.4 Å². The van der Waals surface area contributed by atoms with Crippen LogP contribution < -0.4 is 10.2 Å². The number of ether oxygens (including phenoxy) is 1. The number of aryl methyl sites for hydroxylation is 1. The molecule has 0 radical (unpaired) electrons. The van der Waals surface area contributed by atoms with E-state index in [1.165, 1.54) is 17.0 Å². The van der Waals surface area contributed by atoms with E-state index in [2.05, 4.69) is 5.32 Å². The highest BCUT2D eigenvalue weighted by atomic mass is 19.1. The summed E-state index contributed by atoms with van der Waals surface area (Å²) in [6.45, 7) is 2.38. The van der Waals surface area contributed by atoms with Crippen molar-refractivity contribution in [2.45, 2.75) is 38.5 Å². The fraction of sp³-hybridized carbons (Fsp3) is 0.370. The van der Waals surface area contributed by atoms with Gasteiger partial charge in [-0.1, -0.05) is 30.3 Å². The second-order valence-electron chi connectivity index (χ2n) is 9.19. The number of carbonyl (C=O) groups excluding carboxylic acids is 2. The summed E-state index contributed by atoms with van der Waals surface area (Å²) in [7, 11) is 1.88. The van der Waals surface area contributed by atoms with Crippen LogP contribution in [0.25, 0.3) is 0 Å². The Morgan fingerprint density at radius 2 is 1.94 bits per heavy atom. The number of hydrogen-bond acceptors (Lipinski definition) is 4. The molecule has 1 unspecified atom stereocenters. The van der Waals surface area contributed by atoms with Gasteiger partial charge < -0.3 is 19.9 Å². The maximum atomic E-state index is 14.5. The number of aromatic nitrogens is 2. The molecule has 1 N–H and O–H groups in total. The van der Waals surface area contributed by atoms with Gasteiger partial charge in [0, 0.05) is 50.1 Å². The summed E-state index contributed by atoms with van der Waals surface area (Å²) in [5.74, 6) is -1.01. The number of carbonyl (C=O) groups is 2. The number of nitrogens with one attached hydrogen (secondary N) is 1. The highest BCUT2D eigenvalue weighted by molar-refractivity contribution is 6.06. The Bertz CT molecular complexity index is 1240. The topological polar surface area (TPSA) is 79.7 Å². The van der Waals surface area contributed by atoms with Crippen LogP contribution in [0, 0.1) is 5.82 Å². The Morgan fingerprint density at radius 1 is 1.17 bits per heavy atom. The van der Waals surface area contributed by atoms with Crippen molar-refractivity contribution >= 4 is 17.6 Å². The third kappa shape index (κ3) is 4.97. The van der Waals surface area contributed by atoms with Gasteiger partial charge in [0.15, 0.2) is 0 Å². The molecule has 2 aromatic carbocycles. The Morgan fingerprint density at radius 3 is 2.69 bits per heavy atom. The van der Waals surface area contributed by atoms with Crippen molar-refractivity contribution in [2.75, 3.05) is 24.6 Å². The summed E-state index contributed by atoms with van der Waals surface area (Å²) in [6, 6.07) is 15.0. The molecule has 1 atom stereocenters. The van der Waals surface area contributed by atoms with Crippen molar-refractivity contribution in [3.05, 3.63) is 82.9 Å². The Kier molecular flexibility index (Phi) is 6.99. The van der Waals surface area contributed by atoms with E-state index in [1.54, 1.807) is 17.0 Å². The molecule has 0 aliphatic carbocycles. The van der Waals surface area contributed by atoms with Gasteiger partial charge in [-0.15, -0.1) is 0 Å². The molecular weight excluding hydrogens is 461 g/mol. The Balaban J connectivity index is 1.38. The average molecular weight is 492 g/mol. The molecule has 36 heavy (non-hydrogen) atoms. The zero-order valence-electron chi connectivity index (χ0n) is 20.3. The van der Waals surface area contributed by atoms with E-state index in [9.17, 15) is 14.0 Å². The van der Waals surface area contributed by atoms with E-state index >= 15 is 0 Å². The van der Waals surface area contributed by atoms with Crippen molar-refractivity contribution < 1.29 is 18.7 Å². The van der Waals surface area contributed by atoms with E-state index < -0.39 is 11.7 Å². The van der Waals surface area contributed by atoms with Gasteiger partial charge >= 0.3 is 6.03 Å². The van der Waals surface area contributed by atoms with Crippen LogP contribution in [0.4, 0.5) is 14.9 Å². The maximum Gasteiger partial charge on any atom is 0.317 e. The van der Waals surface area contributed by atoms with E-state index in [1.807, 2.05) is 42.1 Å². The third-order valence-corrected chi connectivity index (χ3v) is 6.84. The Hall–Kier alpha value is -3.72. The van der Waals surface area contributed by atoms with E-state index in [0.29, 0.717) is 37.4 Å². The molecular formula is C27H30FN5O3. The van der Waals surface area contributed by atoms with Crippen molar-refractivity contribution in [1.29, 1.82) is 0 Å². The summed E-state index contributed by atoms with van der Waals surface area (Å²) in [5, 5.41) is 7.70. The first-order valence-corrected chi connectivity index (χ1v) is 12.3. The van der Waals surface area contributed by atoms with Crippen molar-refractivity contribution in [3.8, 4) is 0 Å². The van der Waals surface area contributed by atoms with Gasteiger partial charge in [-0.25, -0.2) is 9.18 Å². The highest BCUT2D eigenvalue weighted by Crippen LogP contribution is 2.27. The van der Waals surface area contributed by atoms with Crippen LogP contribution in [0.1, 0.15) is 40.2 Å². The van der Waals surface area contributed by atoms with Crippen LogP contribution in [0.15, 0.2) is 54.6 Å². The summed E-state index contributed by atoms with van der Waals surface area (Å²) < 4.78 is 22.0. The van der Waals surface area contributed by atoms with Crippen LogP contribution >= 0.6 is 0 Å². The number of amides is 3. The first kappa shape index (κ1) is 24.0. The van der Waals surface area contributed by atoms with Gasteiger partial charge in [-0.2, -0.15) is 5.10 Å². The molecule has 1 saturated heterocycles. The predicted octanol–water partition coefficient (Wildman–Crippen LogP) is 3.65. The first-order valence-electron chi connectivity index (χ1n) is 12.3. The molecule has 1 aromatic heterocycles. The molecule has 3 aromatic rings. The number of nitrogens with zero attached hydrogens (tertiary/aromatic N) is 4. The van der Waals surface area contributed by atoms with Gasteiger partial charge in [0.2, 0.25) is 0 Å². The summed E-state index contributed by atoms with van der Waals surface area (Å²) in [4.78, 5) is 29.7. The zero-order chi connectivity index (χ0) is 25.1. The van der Waals surface area contributed by atoms with Gasteiger partial charge in [0.1, 0.15) is 5.82 Å². The molecule has 3 amide bonds. The van der Waals surface area contributed by atoms with Crippen LogP contribution in [-0.2, 0) is 31.3 Å². The lowest BCUT2D eigenvalue weighted by Crippen LogP contribution is -2.45. The van der Waals surface area contributed by atoms with Gasteiger partial charge in [0.25, 0.3) is 5.91 Å². The second kappa shape index (κ2) is 10.5. The average Bonchev–Trinajstić information content (AvgIpc) is 3.54. The molecule has 0 bridgehead atoms. The maximum absolute atomic E-state index is 14.5. The predicted molar refractivity (Wildman–Crippen MR) is 133 cm³/mol. The van der Waals surface area contributed by atoms with Crippen LogP contribution in [0.5, 0.6) is 0 Å². The van der Waals surface area contributed by atoms with Crippen LogP contribution in [0.2, 0.25) is 0 Å². The fourth-order valence-corrected chi connectivity index (χ4v) is 4.91. The number of hydrogen-bond donors (Lipinski definition) is 1. The fourth-order valence-electron chi connectivity index (χ4n) is 4.91. The Labute approximate surface area is 209 Å². The highest BCUT2D eigenvalue weighted by Gasteiger charge is 2.30. The molecule has 0 spiro atoms. The van der Waals surface area contributed by atoms with Crippen molar-refractivity contribution in [2.24, 2.45) is 7.05 Å². The van der Waals surface area contributed by atoms with E-state index in [0.717, 1.165) is 30.7 Å². The second-order valence-corrected chi connectivity index (χ2v) is 9.19. The van der Waals surface area contributed by atoms with Gasteiger partial charge in [-0.3, -0.25) is 9.48 Å². The largest absolute Gasteiger partial charge is 0.376 e. The monoisotopic (exact) mass is 491 g/mol. The quantitative estimate of drug-likeness (QED) is 0.571. The molecule has 5 rings (SSSR count). The molecule has 0 saturated carbocycles. The summed E-state index contributed by atoms with van der Waals surface area (Å²) in [6.07, 6.45) is 2.73. The van der Waals surface area contributed by atoms with Crippen molar-refractivity contribution in [3.63, 3.8) is 0 Å². The number of benzene rings is 2. The minimum absolute atomic E-state index is 0.00119. The lowest BCUT2D eigenvalue weighted by Gasteiger charge is -2.29. The standard InChI is InChI=1S/C27H30FN5O3/c1-31-25-13-14-32(27(35)29-16-20-10-7-15-36-20)17-22(25)24(30-31)18-33(19-8-3-2-4-9-19)26(34)21-11-5-6-12-23(21)28/h2-6,8-9,11-12,20H,7,10,13-18H2,1H3,(H,29,35). The number of anilines is 1. The molecule has 2 aliphatic rings. The summed E-state index contributed by atoms with van der Waals surface area (Å²) in [5.41, 5.74) is 3.31. The number of para-hydroxylation sites is 1. The van der Waals surface area contributed by atoms with E-state index in [4.69, 9.17) is 9.84 Å². The molecule has 2 aliphatic heterocycles. The number of rotatable bonds is 6. The smallest absolute Gasteiger partial charge is 0.317 e. The molecule has 188 valence electrons. The van der Waals surface area contributed by atoms with Gasteiger partial charge in [0.05, 0.1) is 30.5 Å². The third-order valence-electron chi connectivity index (χ3n) is 6.84. The molecule has 1 fully saturated rings. The summed E-state index contributed by atoms with van der Waals surface area (Å²) >= 11 is 0. The molecule has 3 heterocycles. The molecule has 8 nitrogen and oxygen atoms in total. The lowest BCUT2D eigenvalue weighted by atomic mass is 10.0. The number of fused-ring (bicyclic) bond motifs is 1. The first-order chi connectivity index (χ1) is 17.5. The lowest BCUT2D eigenvalue weighted by molar-refractivity contribution is 0.0980. The zero-order valence-corrected chi connectivity index (χ0v) is 20.3. The van der Waals surface area contributed by atoms with Gasteiger partial charge in [-0.05, 0) is 37.1 Å².